The second-order valence-electron chi connectivity index (χ2n) is 6.12. The van der Waals surface area contributed by atoms with Gasteiger partial charge < -0.3 is 20.7 Å². The van der Waals surface area contributed by atoms with Crippen LogP contribution in [0.25, 0.3) is 10.9 Å². The van der Waals surface area contributed by atoms with Gasteiger partial charge in [-0.3, -0.25) is 9.59 Å². The topological polar surface area (TPSA) is 112 Å². The number of nitrogens with one attached hydrogen (secondary N) is 1. The summed E-state index contributed by atoms with van der Waals surface area (Å²) in [6, 6.07) is 6.72. The Morgan fingerprint density at radius 3 is 2.87 bits per heavy atom. The zero-order valence-corrected chi connectivity index (χ0v) is 12.9. The molecule has 0 spiro atoms. The second-order valence-corrected chi connectivity index (χ2v) is 6.12. The molecule has 122 valence electrons. The molecule has 0 aliphatic heterocycles. The summed E-state index contributed by atoms with van der Waals surface area (Å²) in [5.74, 6) is 0.0670. The monoisotopic (exact) mass is 316 g/mol. The number of aliphatic hydroxyl groups excluding tert-OH is 1. The fraction of sp³-hybridized carbons (Fsp3) is 0.438. The summed E-state index contributed by atoms with van der Waals surface area (Å²) in [7, 11) is 1.66. The van der Waals surface area contributed by atoms with Crippen molar-refractivity contribution in [1.82, 2.24) is 14.9 Å². The largest absolute Gasteiger partial charge is 0.391 e. The predicted molar refractivity (Wildman–Crippen MR) is 85.5 cm³/mol. The van der Waals surface area contributed by atoms with E-state index in [0.717, 1.165) is 0 Å². The molecule has 7 heteroatoms. The molecule has 1 fully saturated rings. The van der Waals surface area contributed by atoms with Crippen molar-refractivity contribution in [3.63, 3.8) is 0 Å². The van der Waals surface area contributed by atoms with Crippen molar-refractivity contribution in [2.75, 3.05) is 7.05 Å². The number of nitrogens with zero attached hydrogens (tertiary/aromatic N) is 2. The van der Waals surface area contributed by atoms with Crippen LogP contribution in [0.3, 0.4) is 0 Å². The number of aromatic nitrogens is 2. The minimum absolute atomic E-state index is 0.0900. The zero-order chi connectivity index (χ0) is 16.6. The molecular weight excluding hydrogens is 296 g/mol. The molecule has 0 radical (unpaired) electrons. The van der Waals surface area contributed by atoms with Crippen LogP contribution in [0.2, 0.25) is 0 Å². The van der Waals surface area contributed by atoms with Gasteiger partial charge in [-0.25, -0.2) is 4.98 Å². The molecular formula is C16H20N4O3. The van der Waals surface area contributed by atoms with Gasteiger partial charge in [0.15, 0.2) is 0 Å². The Morgan fingerprint density at radius 2 is 2.17 bits per heavy atom. The van der Waals surface area contributed by atoms with E-state index in [-0.39, 0.29) is 30.0 Å². The van der Waals surface area contributed by atoms with Gasteiger partial charge in [-0.15, -0.1) is 0 Å². The van der Waals surface area contributed by atoms with E-state index < -0.39 is 6.10 Å². The van der Waals surface area contributed by atoms with Crippen LogP contribution in [-0.4, -0.2) is 45.1 Å². The second kappa shape index (κ2) is 6.10. The first-order valence-electron chi connectivity index (χ1n) is 7.62. The summed E-state index contributed by atoms with van der Waals surface area (Å²) in [5.41, 5.74) is 6.15. The van der Waals surface area contributed by atoms with Crippen LogP contribution in [0, 0.1) is 5.92 Å². The first-order valence-corrected chi connectivity index (χ1v) is 7.62. The van der Waals surface area contributed by atoms with Gasteiger partial charge in [-0.2, -0.15) is 0 Å². The van der Waals surface area contributed by atoms with Gasteiger partial charge in [0.2, 0.25) is 5.91 Å². The number of nitrogens with two attached hydrogens (primary N) is 1. The molecule has 1 aromatic heterocycles. The summed E-state index contributed by atoms with van der Waals surface area (Å²) in [4.78, 5) is 33.1. The third-order valence-corrected chi connectivity index (χ3v) is 4.35. The molecule has 1 aliphatic rings. The van der Waals surface area contributed by atoms with Crippen LogP contribution in [0.4, 0.5) is 0 Å². The van der Waals surface area contributed by atoms with Crippen molar-refractivity contribution < 1.29 is 9.90 Å². The summed E-state index contributed by atoms with van der Waals surface area (Å²) < 4.78 is 0. The minimum Gasteiger partial charge on any atom is -0.391 e. The average Bonchev–Trinajstić information content (AvgIpc) is 2.86. The third-order valence-electron chi connectivity index (χ3n) is 4.35. The van der Waals surface area contributed by atoms with Crippen LogP contribution in [-0.2, 0) is 11.3 Å². The van der Waals surface area contributed by atoms with Crippen LogP contribution >= 0.6 is 0 Å². The van der Waals surface area contributed by atoms with Crippen molar-refractivity contribution in [3.8, 4) is 0 Å². The van der Waals surface area contributed by atoms with Crippen molar-refractivity contribution in [3.05, 3.63) is 40.4 Å². The molecule has 4 N–H and O–H groups in total. The molecule has 3 rings (SSSR count). The SMILES string of the molecule is CN(Cc1nc2ccccc2c(=O)[nH]1)C(=O)[C@H]1C[C@@H](N)[C@H](O)C1. The van der Waals surface area contributed by atoms with E-state index in [2.05, 4.69) is 9.97 Å². The maximum Gasteiger partial charge on any atom is 0.258 e. The third kappa shape index (κ3) is 3.11. The van der Waals surface area contributed by atoms with Crippen LogP contribution in [0.15, 0.2) is 29.1 Å². The Bertz CT molecular complexity index is 778. The zero-order valence-electron chi connectivity index (χ0n) is 12.9. The number of benzene rings is 1. The van der Waals surface area contributed by atoms with Gasteiger partial charge >= 0.3 is 0 Å². The number of amides is 1. The molecule has 7 nitrogen and oxygen atoms in total. The number of carbonyl (C=O) groups is 1. The molecule has 0 unspecified atom stereocenters. The van der Waals surface area contributed by atoms with Crippen molar-refractivity contribution in [2.24, 2.45) is 11.7 Å². The number of hydrogen-bond acceptors (Lipinski definition) is 5. The predicted octanol–water partition coefficient (Wildman–Crippen LogP) is -0.0203. The first kappa shape index (κ1) is 15.6. The van der Waals surface area contributed by atoms with E-state index >= 15 is 0 Å². The summed E-state index contributed by atoms with van der Waals surface area (Å²) in [5, 5.41) is 10.2. The van der Waals surface area contributed by atoms with Crippen LogP contribution in [0.1, 0.15) is 18.7 Å². The molecule has 3 atom stereocenters. The van der Waals surface area contributed by atoms with Gasteiger partial charge in [0, 0.05) is 19.0 Å². The Balaban J connectivity index is 1.76. The number of aromatic amines is 1. The summed E-state index contributed by atoms with van der Waals surface area (Å²) in [6.45, 7) is 0.209. The van der Waals surface area contributed by atoms with Crippen molar-refractivity contribution >= 4 is 16.8 Å². The molecule has 0 bridgehead atoms. The lowest BCUT2D eigenvalue weighted by atomic mass is 10.1. The standard InChI is InChI=1S/C16H20N4O3/c1-20(16(23)9-6-11(17)13(21)7-9)8-14-18-12-5-3-2-4-10(12)15(22)19-14/h2-5,9,11,13,21H,6-8,17H2,1H3,(H,18,19,22)/t9-,11+,13+/m0/s1. The van der Waals surface area contributed by atoms with Gasteiger partial charge in [-0.1, -0.05) is 12.1 Å². The molecule has 23 heavy (non-hydrogen) atoms. The van der Waals surface area contributed by atoms with E-state index in [4.69, 9.17) is 5.73 Å². The molecule has 1 heterocycles. The minimum atomic E-state index is -0.629. The first-order chi connectivity index (χ1) is 11.0. The van der Waals surface area contributed by atoms with Gasteiger partial charge in [-0.05, 0) is 25.0 Å². The average molecular weight is 316 g/mol. The molecule has 1 saturated carbocycles. The number of para-hydroxylation sites is 1. The number of fused-ring (bicyclic) bond motifs is 1. The van der Waals surface area contributed by atoms with Gasteiger partial charge in [0.25, 0.3) is 5.56 Å². The van der Waals surface area contributed by atoms with Crippen LogP contribution in [0.5, 0.6) is 0 Å². The lowest BCUT2D eigenvalue weighted by molar-refractivity contribution is -0.134. The fourth-order valence-corrected chi connectivity index (χ4v) is 3.07. The van der Waals surface area contributed by atoms with E-state index in [9.17, 15) is 14.7 Å². The van der Waals surface area contributed by atoms with E-state index in [0.29, 0.717) is 29.6 Å². The van der Waals surface area contributed by atoms with Gasteiger partial charge in [0.05, 0.1) is 23.6 Å². The Labute approximate surface area is 133 Å². The number of H-pyrrole nitrogens is 1. The smallest absolute Gasteiger partial charge is 0.258 e. The van der Waals surface area contributed by atoms with Crippen molar-refractivity contribution in [1.29, 1.82) is 0 Å². The summed E-state index contributed by atoms with van der Waals surface area (Å²) >= 11 is 0. The highest BCUT2D eigenvalue weighted by molar-refractivity contribution is 5.79. The highest BCUT2D eigenvalue weighted by Gasteiger charge is 2.36. The van der Waals surface area contributed by atoms with E-state index in [1.165, 1.54) is 4.90 Å². The van der Waals surface area contributed by atoms with Crippen LogP contribution < -0.4 is 11.3 Å². The Morgan fingerprint density at radius 1 is 1.43 bits per heavy atom. The van der Waals surface area contributed by atoms with E-state index in [1.54, 1.807) is 25.2 Å². The molecule has 1 aliphatic carbocycles. The molecule has 0 saturated heterocycles. The van der Waals surface area contributed by atoms with Gasteiger partial charge in [0.1, 0.15) is 5.82 Å². The Hall–Kier alpha value is -2.25. The lowest BCUT2D eigenvalue weighted by Crippen LogP contribution is -2.33. The maximum atomic E-state index is 12.4. The number of aliphatic hydroxyl groups is 1. The quantitative estimate of drug-likeness (QED) is 0.736. The number of rotatable bonds is 3. The fourth-order valence-electron chi connectivity index (χ4n) is 3.07. The normalized spacial score (nSPS) is 24.0. The molecule has 1 aromatic carbocycles. The maximum absolute atomic E-state index is 12.4. The molecule has 2 aromatic rings. The van der Waals surface area contributed by atoms with Crippen molar-refractivity contribution in [2.45, 2.75) is 31.5 Å². The summed E-state index contributed by atoms with van der Waals surface area (Å²) in [6.07, 6.45) is 0.230. The Kier molecular flexibility index (Phi) is 4.14. The lowest BCUT2D eigenvalue weighted by Gasteiger charge is -2.20. The highest BCUT2D eigenvalue weighted by Crippen LogP contribution is 2.26. The number of carbonyl (C=O) groups excluding carboxylic acids is 1. The molecule has 1 amide bonds. The number of hydrogen-bond donors (Lipinski definition) is 3. The highest BCUT2D eigenvalue weighted by atomic mass is 16.3. The van der Waals surface area contributed by atoms with E-state index in [1.807, 2.05) is 6.07 Å².